The van der Waals surface area contributed by atoms with Crippen LogP contribution < -0.4 is 0 Å². The molecule has 1 rings (SSSR count). The second-order valence-corrected chi connectivity index (χ2v) is 5.75. The Morgan fingerprint density at radius 1 is 1.47 bits per heavy atom. The van der Waals surface area contributed by atoms with Crippen LogP contribution in [0.4, 0.5) is 0 Å². The van der Waals surface area contributed by atoms with Gasteiger partial charge in [0.05, 0.1) is 4.83 Å². The normalized spacial score (nSPS) is 12.5. The topological polar surface area (TPSA) is 17.1 Å². The number of carbonyl (C=O) groups is 1. The second-order valence-electron chi connectivity index (χ2n) is 3.48. The van der Waals surface area contributed by atoms with Crippen molar-refractivity contribution in [3.05, 3.63) is 33.4 Å². The number of hydrogen-bond acceptors (Lipinski definition) is 1. The molecule has 0 N–H and O–H groups in total. The van der Waals surface area contributed by atoms with Crippen LogP contribution in [-0.4, -0.2) is 10.6 Å². The highest BCUT2D eigenvalue weighted by Crippen LogP contribution is 2.18. The van der Waals surface area contributed by atoms with E-state index in [1.807, 2.05) is 19.1 Å². The van der Waals surface area contributed by atoms with Crippen molar-refractivity contribution in [1.82, 2.24) is 0 Å². The molecule has 0 aliphatic carbocycles. The monoisotopic (exact) mass is 380 g/mol. The lowest BCUT2D eigenvalue weighted by Gasteiger charge is -2.09. The lowest BCUT2D eigenvalue weighted by atomic mass is 10.1. The summed E-state index contributed by atoms with van der Waals surface area (Å²) in [6, 6.07) is 8.18. The lowest BCUT2D eigenvalue weighted by Crippen LogP contribution is -2.16. The standard InChI is InChI=1S/C12H14BrIO/c1-2-5-12(15)10(13)8-9-6-3-4-7-11(9)14/h3-4,6-7,10H,2,5,8H2,1H3. The van der Waals surface area contributed by atoms with Crippen LogP contribution in [0, 0.1) is 3.57 Å². The third kappa shape index (κ3) is 4.23. The number of hydrogen-bond donors (Lipinski definition) is 0. The molecule has 0 fully saturated rings. The predicted octanol–water partition coefficient (Wildman–Crippen LogP) is 3.97. The van der Waals surface area contributed by atoms with Crippen LogP contribution in [0.3, 0.4) is 0 Å². The lowest BCUT2D eigenvalue weighted by molar-refractivity contribution is -0.118. The average molecular weight is 381 g/mol. The summed E-state index contributed by atoms with van der Waals surface area (Å²) in [7, 11) is 0. The second kappa shape index (κ2) is 6.63. The van der Waals surface area contributed by atoms with E-state index in [-0.39, 0.29) is 4.83 Å². The smallest absolute Gasteiger partial charge is 0.146 e. The number of benzene rings is 1. The van der Waals surface area contributed by atoms with Crippen LogP contribution in [0.5, 0.6) is 0 Å². The number of Topliss-reactive ketones (excluding diaryl/α,β-unsaturated/α-hetero) is 1. The minimum atomic E-state index is -0.0339. The van der Waals surface area contributed by atoms with Gasteiger partial charge in [-0.25, -0.2) is 0 Å². The van der Waals surface area contributed by atoms with Crippen LogP contribution in [0.2, 0.25) is 0 Å². The summed E-state index contributed by atoms with van der Waals surface area (Å²) in [6.07, 6.45) is 2.38. The molecule has 1 nitrogen and oxygen atoms in total. The summed E-state index contributed by atoms with van der Waals surface area (Å²) in [5.41, 5.74) is 1.24. The fraction of sp³-hybridized carbons (Fsp3) is 0.417. The first-order chi connectivity index (χ1) is 7.15. The molecule has 1 unspecified atom stereocenters. The van der Waals surface area contributed by atoms with Crippen LogP contribution in [0.15, 0.2) is 24.3 Å². The Morgan fingerprint density at radius 2 is 2.13 bits per heavy atom. The molecule has 0 bridgehead atoms. The van der Waals surface area contributed by atoms with Gasteiger partial charge in [-0.15, -0.1) is 0 Å². The fourth-order valence-electron chi connectivity index (χ4n) is 1.37. The Kier molecular flexibility index (Phi) is 5.82. The van der Waals surface area contributed by atoms with Crippen molar-refractivity contribution in [3.8, 4) is 0 Å². The van der Waals surface area contributed by atoms with Crippen molar-refractivity contribution in [2.24, 2.45) is 0 Å². The Labute approximate surface area is 113 Å². The molecular formula is C12H14BrIO. The van der Waals surface area contributed by atoms with Crippen molar-refractivity contribution in [2.75, 3.05) is 0 Å². The largest absolute Gasteiger partial charge is 0.298 e. The maximum absolute atomic E-state index is 11.6. The van der Waals surface area contributed by atoms with E-state index in [9.17, 15) is 4.79 Å². The zero-order chi connectivity index (χ0) is 11.3. The van der Waals surface area contributed by atoms with E-state index in [0.717, 1.165) is 12.8 Å². The van der Waals surface area contributed by atoms with Crippen molar-refractivity contribution in [3.63, 3.8) is 0 Å². The predicted molar refractivity (Wildman–Crippen MR) is 75.5 cm³/mol. The Hall–Kier alpha value is 0.100. The molecule has 1 aromatic rings. The first-order valence-electron chi connectivity index (χ1n) is 5.05. The fourth-order valence-corrected chi connectivity index (χ4v) is 2.56. The van der Waals surface area contributed by atoms with Crippen LogP contribution >= 0.6 is 38.5 Å². The Bertz CT molecular complexity index is 338. The number of ketones is 1. The highest BCUT2D eigenvalue weighted by atomic mass is 127. The quantitative estimate of drug-likeness (QED) is 0.558. The third-order valence-corrected chi connectivity index (χ3v) is 4.09. The first kappa shape index (κ1) is 13.2. The van der Waals surface area contributed by atoms with E-state index in [1.165, 1.54) is 9.13 Å². The molecule has 1 atom stereocenters. The molecule has 0 spiro atoms. The van der Waals surface area contributed by atoms with Gasteiger partial charge < -0.3 is 0 Å². The van der Waals surface area contributed by atoms with Gasteiger partial charge in [0.25, 0.3) is 0 Å². The Balaban J connectivity index is 2.62. The van der Waals surface area contributed by atoms with Crippen LogP contribution in [-0.2, 0) is 11.2 Å². The summed E-state index contributed by atoms with van der Waals surface area (Å²) >= 11 is 5.77. The zero-order valence-corrected chi connectivity index (χ0v) is 12.4. The molecule has 0 heterocycles. The van der Waals surface area contributed by atoms with E-state index in [4.69, 9.17) is 0 Å². The van der Waals surface area contributed by atoms with Gasteiger partial charge in [-0.1, -0.05) is 41.1 Å². The Morgan fingerprint density at radius 3 is 2.73 bits per heavy atom. The zero-order valence-electron chi connectivity index (χ0n) is 8.67. The SMILES string of the molecule is CCCC(=O)C(Br)Cc1ccccc1I. The van der Waals surface area contributed by atoms with Gasteiger partial charge in [-0.05, 0) is 47.1 Å². The van der Waals surface area contributed by atoms with Gasteiger partial charge in [0, 0.05) is 9.99 Å². The molecule has 0 aromatic heterocycles. The molecule has 3 heteroatoms. The summed E-state index contributed by atoms with van der Waals surface area (Å²) in [5, 5.41) is 0. The number of halogens is 2. The van der Waals surface area contributed by atoms with Crippen LogP contribution in [0.25, 0.3) is 0 Å². The van der Waals surface area contributed by atoms with Crippen molar-refractivity contribution < 1.29 is 4.79 Å². The number of carbonyl (C=O) groups excluding carboxylic acids is 1. The maximum atomic E-state index is 11.6. The molecule has 0 saturated heterocycles. The van der Waals surface area contributed by atoms with Gasteiger partial charge in [0.1, 0.15) is 5.78 Å². The van der Waals surface area contributed by atoms with E-state index in [1.54, 1.807) is 0 Å². The van der Waals surface area contributed by atoms with E-state index >= 15 is 0 Å². The third-order valence-electron chi connectivity index (χ3n) is 2.20. The van der Waals surface area contributed by atoms with Gasteiger partial charge in [-0.2, -0.15) is 0 Å². The molecule has 0 radical (unpaired) electrons. The summed E-state index contributed by atoms with van der Waals surface area (Å²) in [6.45, 7) is 2.03. The van der Waals surface area contributed by atoms with Gasteiger partial charge >= 0.3 is 0 Å². The maximum Gasteiger partial charge on any atom is 0.146 e. The van der Waals surface area contributed by atoms with Crippen LogP contribution in [0.1, 0.15) is 25.3 Å². The molecule has 0 amide bonds. The average Bonchev–Trinajstić information content (AvgIpc) is 2.21. The molecular weight excluding hydrogens is 367 g/mol. The summed E-state index contributed by atoms with van der Waals surface area (Å²) < 4.78 is 1.23. The molecule has 1 aromatic carbocycles. The molecule has 15 heavy (non-hydrogen) atoms. The van der Waals surface area contributed by atoms with Gasteiger partial charge in [0.15, 0.2) is 0 Å². The van der Waals surface area contributed by atoms with E-state index in [0.29, 0.717) is 12.2 Å². The summed E-state index contributed by atoms with van der Waals surface area (Å²) in [5.74, 6) is 0.303. The van der Waals surface area contributed by atoms with Crippen molar-refractivity contribution in [1.29, 1.82) is 0 Å². The summed E-state index contributed by atoms with van der Waals surface area (Å²) in [4.78, 5) is 11.6. The minimum Gasteiger partial charge on any atom is -0.298 e. The van der Waals surface area contributed by atoms with Gasteiger partial charge in [0.2, 0.25) is 0 Å². The molecule has 0 aliphatic heterocycles. The number of rotatable bonds is 5. The molecule has 82 valence electrons. The highest BCUT2D eigenvalue weighted by Gasteiger charge is 2.15. The molecule has 0 saturated carbocycles. The van der Waals surface area contributed by atoms with Crippen molar-refractivity contribution >= 4 is 44.3 Å². The van der Waals surface area contributed by atoms with Gasteiger partial charge in [-0.3, -0.25) is 4.79 Å². The van der Waals surface area contributed by atoms with E-state index < -0.39 is 0 Å². The highest BCUT2D eigenvalue weighted by molar-refractivity contribution is 14.1. The van der Waals surface area contributed by atoms with Crippen molar-refractivity contribution in [2.45, 2.75) is 31.0 Å². The first-order valence-corrected chi connectivity index (χ1v) is 7.04. The minimum absolute atomic E-state index is 0.0339. The van der Waals surface area contributed by atoms with E-state index in [2.05, 4.69) is 50.7 Å². The molecule has 0 aliphatic rings. The number of alkyl halides is 1.